The van der Waals surface area contributed by atoms with Crippen molar-refractivity contribution in [2.75, 3.05) is 6.61 Å². The van der Waals surface area contributed by atoms with Crippen LogP contribution in [0.25, 0.3) is 0 Å². The number of hydrogen-bond acceptors (Lipinski definition) is 5. The second-order valence-corrected chi connectivity index (χ2v) is 6.65. The number of nitro groups is 1. The molecule has 0 saturated heterocycles. The standard InChI is InChI=1S/C19H20ClN3O4/c1-12(2)15-6-4-13(3)8-18(15)27-11-19(24)22-21-10-14-5-7-17(23(25)26)16(20)9-14/h4-10,12H,11H2,1-3H3,(H,22,24)/b21-10+. The van der Waals surface area contributed by atoms with Gasteiger partial charge in [-0.3, -0.25) is 14.9 Å². The van der Waals surface area contributed by atoms with Gasteiger partial charge in [0.1, 0.15) is 10.8 Å². The fraction of sp³-hybridized carbons (Fsp3) is 0.263. The molecule has 0 heterocycles. The third-order valence-corrected chi connectivity index (χ3v) is 4.02. The van der Waals surface area contributed by atoms with Gasteiger partial charge >= 0.3 is 0 Å². The molecule has 0 aliphatic rings. The van der Waals surface area contributed by atoms with E-state index in [1.807, 2.05) is 25.1 Å². The molecule has 142 valence electrons. The van der Waals surface area contributed by atoms with E-state index in [0.717, 1.165) is 11.1 Å². The van der Waals surface area contributed by atoms with Crippen molar-refractivity contribution in [3.63, 3.8) is 0 Å². The van der Waals surface area contributed by atoms with Crippen molar-refractivity contribution >= 4 is 29.4 Å². The number of nitrogens with zero attached hydrogens (tertiary/aromatic N) is 2. The lowest BCUT2D eigenvalue weighted by molar-refractivity contribution is -0.384. The van der Waals surface area contributed by atoms with Gasteiger partial charge in [0.05, 0.1) is 11.1 Å². The Morgan fingerprint density at radius 1 is 1.33 bits per heavy atom. The summed E-state index contributed by atoms with van der Waals surface area (Å²) in [7, 11) is 0. The summed E-state index contributed by atoms with van der Waals surface area (Å²) in [5.41, 5.74) is 4.75. The van der Waals surface area contributed by atoms with Crippen LogP contribution in [0, 0.1) is 17.0 Å². The van der Waals surface area contributed by atoms with Crippen LogP contribution >= 0.6 is 11.6 Å². The Labute approximate surface area is 162 Å². The first-order valence-electron chi connectivity index (χ1n) is 8.27. The SMILES string of the molecule is Cc1ccc(C(C)C)c(OCC(=O)N/N=C/c2ccc([N+](=O)[O-])c(Cl)c2)c1. The van der Waals surface area contributed by atoms with E-state index in [-0.39, 0.29) is 23.2 Å². The van der Waals surface area contributed by atoms with Gasteiger partial charge in [0, 0.05) is 6.07 Å². The molecule has 0 unspecified atom stereocenters. The Bertz CT molecular complexity index is 881. The van der Waals surface area contributed by atoms with Crippen LogP contribution in [0.4, 0.5) is 5.69 Å². The molecule has 2 aromatic rings. The lowest BCUT2D eigenvalue weighted by atomic mass is 10.0. The molecule has 0 fully saturated rings. The van der Waals surface area contributed by atoms with Crippen LogP contribution in [0.2, 0.25) is 5.02 Å². The van der Waals surface area contributed by atoms with E-state index in [4.69, 9.17) is 16.3 Å². The number of aryl methyl sites for hydroxylation is 1. The number of ether oxygens (including phenoxy) is 1. The van der Waals surface area contributed by atoms with E-state index in [2.05, 4.69) is 24.4 Å². The highest BCUT2D eigenvalue weighted by Gasteiger charge is 2.12. The summed E-state index contributed by atoms with van der Waals surface area (Å²) in [6.07, 6.45) is 1.35. The molecular formula is C19H20ClN3O4. The minimum atomic E-state index is -0.570. The van der Waals surface area contributed by atoms with Gasteiger partial charge in [-0.15, -0.1) is 0 Å². The lowest BCUT2D eigenvalue weighted by Gasteiger charge is -2.14. The summed E-state index contributed by atoms with van der Waals surface area (Å²) in [5, 5.41) is 14.5. The van der Waals surface area contributed by atoms with E-state index >= 15 is 0 Å². The molecule has 0 radical (unpaired) electrons. The largest absolute Gasteiger partial charge is 0.483 e. The van der Waals surface area contributed by atoms with E-state index in [1.165, 1.54) is 24.4 Å². The first-order chi connectivity index (χ1) is 12.8. The Hall–Kier alpha value is -2.93. The van der Waals surface area contributed by atoms with Crippen LogP contribution in [-0.2, 0) is 4.79 Å². The highest BCUT2D eigenvalue weighted by atomic mass is 35.5. The molecular weight excluding hydrogens is 370 g/mol. The Morgan fingerprint density at radius 3 is 2.70 bits per heavy atom. The van der Waals surface area contributed by atoms with E-state index in [1.54, 1.807) is 0 Å². The minimum absolute atomic E-state index is 0.000674. The predicted molar refractivity (Wildman–Crippen MR) is 105 cm³/mol. The van der Waals surface area contributed by atoms with Crippen molar-refractivity contribution < 1.29 is 14.5 Å². The maximum atomic E-state index is 11.9. The van der Waals surface area contributed by atoms with E-state index < -0.39 is 10.8 Å². The summed E-state index contributed by atoms with van der Waals surface area (Å²) < 4.78 is 5.62. The van der Waals surface area contributed by atoms with Crippen molar-refractivity contribution in [1.82, 2.24) is 5.43 Å². The smallest absolute Gasteiger partial charge is 0.287 e. The maximum Gasteiger partial charge on any atom is 0.287 e. The highest BCUT2D eigenvalue weighted by Crippen LogP contribution is 2.27. The van der Waals surface area contributed by atoms with Crippen molar-refractivity contribution in [3.05, 3.63) is 68.2 Å². The maximum absolute atomic E-state index is 11.9. The number of hydrogen-bond donors (Lipinski definition) is 1. The first-order valence-corrected chi connectivity index (χ1v) is 8.65. The third kappa shape index (κ3) is 5.79. The van der Waals surface area contributed by atoms with E-state index in [9.17, 15) is 14.9 Å². The van der Waals surface area contributed by atoms with Crippen LogP contribution in [0.5, 0.6) is 5.75 Å². The van der Waals surface area contributed by atoms with Crippen LogP contribution in [0.3, 0.4) is 0 Å². The van der Waals surface area contributed by atoms with Crippen molar-refractivity contribution in [2.24, 2.45) is 5.10 Å². The molecule has 7 nitrogen and oxygen atoms in total. The molecule has 0 aliphatic heterocycles. The molecule has 27 heavy (non-hydrogen) atoms. The van der Waals surface area contributed by atoms with Gasteiger partial charge in [-0.1, -0.05) is 37.6 Å². The second-order valence-electron chi connectivity index (χ2n) is 6.25. The summed E-state index contributed by atoms with van der Waals surface area (Å²) in [4.78, 5) is 22.1. The van der Waals surface area contributed by atoms with Gasteiger partial charge in [-0.25, -0.2) is 5.43 Å². The van der Waals surface area contributed by atoms with Crippen molar-refractivity contribution in [2.45, 2.75) is 26.7 Å². The molecule has 1 N–H and O–H groups in total. The number of nitrogens with one attached hydrogen (secondary N) is 1. The lowest BCUT2D eigenvalue weighted by Crippen LogP contribution is -2.25. The zero-order valence-corrected chi connectivity index (χ0v) is 16.0. The molecule has 0 saturated carbocycles. The molecule has 0 spiro atoms. The number of rotatable bonds is 7. The number of halogens is 1. The Kier molecular flexibility index (Phi) is 6.90. The Balaban J connectivity index is 1.93. The van der Waals surface area contributed by atoms with Gasteiger partial charge in [0.2, 0.25) is 0 Å². The normalized spacial score (nSPS) is 11.0. The minimum Gasteiger partial charge on any atom is -0.483 e. The summed E-state index contributed by atoms with van der Waals surface area (Å²) in [6, 6.07) is 10.0. The molecule has 0 aliphatic carbocycles. The highest BCUT2D eigenvalue weighted by molar-refractivity contribution is 6.32. The topological polar surface area (TPSA) is 93.8 Å². The van der Waals surface area contributed by atoms with Crippen LogP contribution < -0.4 is 10.2 Å². The molecule has 0 atom stereocenters. The molecule has 2 aromatic carbocycles. The monoisotopic (exact) mass is 389 g/mol. The number of amides is 1. The second kappa shape index (κ2) is 9.14. The summed E-state index contributed by atoms with van der Waals surface area (Å²) >= 11 is 5.83. The summed E-state index contributed by atoms with van der Waals surface area (Å²) in [6.45, 7) is 5.88. The van der Waals surface area contributed by atoms with Crippen LogP contribution in [-0.4, -0.2) is 23.7 Å². The molecule has 2 rings (SSSR count). The summed E-state index contributed by atoms with van der Waals surface area (Å²) in [5.74, 6) is 0.523. The average Bonchev–Trinajstić information content (AvgIpc) is 2.59. The first kappa shape index (κ1) is 20.4. The molecule has 1 amide bonds. The van der Waals surface area contributed by atoms with Crippen molar-refractivity contribution in [1.29, 1.82) is 0 Å². The van der Waals surface area contributed by atoms with Gasteiger partial charge in [0.25, 0.3) is 11.6 Å². The quantitative estimate of drug-likeness (QED) is 0.436. The number of benzene rings is 2. The zero-order valence-electron chi connectivity index (χ0n) is 15.2. The fourth-order valence-corrected chi connectivity index (χ4v) is 2.61. The average molecular weight is 390 g/mol. The number of carbonyl (C=O) groups excluding carboxylic acids is 1. The van der Waals surface area contributed by atoms with Gasteiger partial charge in [-0.2, -0.15) is 5.10 Å². The van der Waals surface area contributed by atoms with Crippen LogP contribution in [0.1, 0.15) is 36.5 Å². The van der Waals surface area contributed by atoms with Gasteiger partial charge in [-0.05, 0) is 47.7 Å². The van der Waals surface area contributed by atoms with Crippen LogP contribution in [0.15, 0.2) is 41.5 Å². The zero-order chi connectivity index (χ0) is 20.0. The number of hydrazone groups is 1. The van der Waals surface area contributed by atoms with Crippen molar-refractivity contribution in [3.8, 4) is 5.75 Å². The van der Waals surface area contributed by atoms with Gasteiger partial charge < -0.3 is 4.74 Å². The van der Waals surface area contributed by atoms with Gasteiger partial charge in [0.15, 0.2) is 6.61 Å². The number of nitro benzene ring substituents is 1. The van der Waals surface area contributed by atoms with E-state index in [0.29, 0.717) is 11.3 Å². The fourth-order valence-electron chi connectivity index (χ4n) is 2.35. The molecule has 0 aromatic heterocycles. The molecule has 8 heteroatoms. The predicted octanol–water partition coefficient (Wildman–Crippen LogP) is 4.21. The molecule has 0 bridgehead atoms. The Morgan fingerprint density at radius 2 is 2.07 bits per heavy atom. The number of carbonyl (C=O) groups is 1. The third-order valence-electron chi connectivity index (χ3n) is 3.72.